The number of hydrogen-bond donors (Lipinski definition) is 0. The summed E-state index contributed by atoms with van der Waals surface area (Å²) in [5.41, 5.74) is 0. The summed E-state index contributed by atoms with van der Waals surface area (Å²) in [7, 11) is 1.06. The van der Waals surface area contributed by atoms with Crippen molar-refractivity contribution in [3.05, 3.63) is 23.3 Å². The van der Waals surface area contributed by atoms with E-state index in [4.69, 9.17) is 5.26 Å². The molecule has 0 N–H and O–H groups in total. The zero-order valence-corrected chi connectivity index (χ0v) is 11.4. The highest BCUT2D eigenvalue weighted by Gasteiger charge is 2.41. The lowest BCUT2D eigenvalue weighted by atomic mass is 10.2. The molecule has 0 spiro atoms. The van der Waals surface area contributed by atoms with Gasteiger partial charge in [0, 0.05) is 0 Å². The molecule has 1 aliphatic heterocycles. The van der Waals surface area contributed by atoms with Gasteiger partial charge >= 0.3 is 5.97 Å². The fourth-order valence-electron chi connectivity index (χ4n) is 1.55. The van der Waals surface area contributed by atoms with Crippen LogP contribution in [0.25, 0.3) is 0 Å². The Morgan fingerprint density at radius 1 is 1.15 bits per heavy atom. The molecule has 1 aromatic carbocycles. The molecule has 0 amide bonds. The Morgan fingerprint density at radius 3 is 1.95 bits per heavy atom. The third-order valence-electron chi connectivity index (χ3n) is 2.52. The molecule has 1 heterocycles. The molecule has 1 aliphatic rings. The Bertz CT molecular complexity index is 595. The van der Waals surface area contributed by atoms with Gasteiger partial charge in [0.2, 0.25) is 0 Å². The highest BCUT2D eigenvalue weighted by Crippen LogP contribution is 2.53. The van der Waals surface area contributed by atoms with Crippen LogP contribution in [0.2, 0.25) is 0 Å². The second-order valence-electron chi connectivity index (χ2n) is 3.65. The van der Waals surface area contributed by atoms with Crippen molar-refractivity contribution < 1.29 is 27.1 Å². The van der Waals surface area contributed by atoms with Gasteiger partial charge in [0.1, 0.15) is 0 Å². The minimum absolute atomic E-state index is 0.444. The maximum atomic E-state index is 13.6. The third-order valence-corrected chi connectivity index (χ3v) is 5.47. The van der Waals surface area contributed by atoms with Crippen LogP contribution in [0.5, 0.6) is 0 Å². The summed E-state index contributed by atoms with van der Waals surface area (Å²) >= 11 is 1.19. The van der Waals surface area contributed by atoms with Crippen LogP contribution in [0.3, 0.4) is 0 Å². The largest absolute Gasteiger partial charge is 0.468 e. The minimum atomic E-state index is -1.92. The molecule has 1 aromatic rings. The number of esters is 1. The second kappa shape index (κ2) is 5.54. The first-order valence-corrected chi connectivity index (χ1v) is 6.85. The van der Waals surface area contributed by atoms with Crippen molar-refractivity contribution in [1.82, 2.24) is 0 Å². The fraction of sp³-hybridized carbons (Fsp3) is 0.273. The Kier molecular flexibility index (Phi) is 4.15. The number of methoxy groups -OCH3 is 1. The Hall–Kier alpha value is -1.40. The molecule has 0 aromatic heterocycles. The van der Waals surface area contributed by atoms with E-state index in [1.54, 1.807) is 6.07 Å². The number of fused-ring (bicyclic) bond motifs is 1. The summed E-state index contributed by atoms with van der Waals surface area (Å²) < 4.78 is 56.8. The zero-order chi connectivity index (χ0) is 15.0. The molecule has 0 radical (unpaired) electrons. The van der Waals surface area contributed by atoms with E-state index in [0.29, 0.717) is 23.5 Å². The lowest BCUT2D eigenvalue weighted by molar-refractivity contribution is -0.142. The van der Waals surface area contributed by atoms with Crippen molar-refractivity contribution in [3.63, 3.8) is 0 Å². The van der Waals surface area contributed by atoms with Gasteiger partial charge in [-0.05, 0) is 0 Å². The Labute approximate surface area is 119 Å². The molecule has 0 aliphatic carbocycles. The predicted molar refractivity (Wildman–Crippen MR) is 62.9 cm³/mol. The van der Waals surface area contributed by atoms with Crippen LogP contribution in [0.15, 0.2) is 9.79 Å². The number of benzene rings is 1. The highest BCUT2D eigenvalue weighted by molar-refractivity contribution is 8.19. The normalized spacial score (nSPS) is 15.6. The van der Waals surface area contributed by atoms with Crippen molar-refractivity contribution in [2.24, 2.45) is 5.92 Å². The number of carbonyl (C=O) groups is 1. The summed E-state index contributed by atoms with van der Waals surface area (Å²) in [4.78, 5) is 10.5. The Balaban J connectivity index is 2.42. The van der Waals surface area contributed by atoms with Crippen molar-refractivity contribution in [3.8, 4) is 6.07 Å². The summed E-state index contributed by atoms with van der Waals surface area (Å²) in [6.45, 7) is 0. The quantitative estimate of drug-likeness (QED) is 0.362. The first-order chi connectivity index (χ1) is 9.42. The number of nitriles is 1. The van der Waals surface area contributed by atoms with E-state index in [1.165, 1.54) is 0 Å². The zero-order valence-electron chi connectivity index (χ0n) is 9.75. The molecule has 0 fully saturated rings. The van der Waals surface area contributed by atoms with Crippen LogP contribution in [-0.4, -0.2) is 17.7 Å². The SMILES string of the molecule is COC(=O)C(C#N)C1Sc2c(F)c(F)c(F)c(F)c2S1. The van der Waals surface area contributed by atoms with E-state index in [-0.39, 0.29) is 0 Å². The molecule has 20 heavy (non-hydrogen) atoms. The van der Waals surface area contributed by atoms with Gasteiger partial charge in [-0.2, -0.15) is 5.26 Å². The molecule has 0 saturated heterocycles. The van der Waals surface area contributed by atoms with E-state index >= 15 is 0 Å². The monoisotopic (exact) mass is 323 g/mol. The number of thioether (sulfide) groups is 2. The van der Waals surface area contributed by atoms with E-state index in [9.17, 15) is 22.4 Å². The topological polar surface area (TPSA) is 50.1 Å². The lowest BCUT2D eigenvalue weighted by Crippen LogP contribution is -2.22. The van der Waals surface area contributed by atoms with Gasteiger partial charge < -0.3 is 4.74 Å². The molecule has 1 atom stereocenters. The second-order valence-corrected chi connectivity index (χ2v) is 6.25. The van der Waals surface area contributed by atoms with E-state index in [0.717, 1.165) is 7.11 Å². The van der Waals surface area contributed by atoms with E-state index < -0.39 is 49.5 Å². The average molecular weight is 323 g/mol. The minimum Gasteiger partial charge on any atom is -0.468 e. The smallest absolute Gasteiger partial charge is 0.325 e. The summed E-state index contributed by atoms with van der Waals surface area (Å²) in [6, 6.07) is 1.65. The molecule has 0 bridgehead atoms. The average Bonchev–Trinajstić information content (AvgIpc) is 2.88. The molecule has 2 rings (SSSR count). The molecule has 9 heteroatoms. The maximum absolute atomic E-state index is 13.6. The number of ether oxygens (including phenoxy) is 1. The van der Waals surface area contributed by atoms with Gasteiger partial charge in [0.15, 0.2) is 29.2 Å². The maximum Gasteiger partial charge on any atom is 0.325 e. The number of halogens is 4. The van der Waals surface area contributed by atoms with Gasteiger partial charge in [-0.1, -0.05) is 0 Å². The van der Waals surface area contributed by atoms with Crippen molar-refractivity contribution >= 4 is 29.5 Å². The highest BCUT2D eigenvalue weighted by atomic mass is 32.2. The van der Waals surface area contributed by atoms with Crippen LogP contribution in [0, 0.1) is 40.5 Å². The standard InChI is InChI=1S/C11H5F4NO2S2/c1-18-10(17)3(2-16)11-19-8-6(14)4(12)5(13)7(15)9(8)20-11/h3,11H,1H3. The van der Waals surface area contributed by atoms with Gasteiger partial charge in [0.25, 0.3) is 0 Å². The predicted octanol–water partition coefficient (Wildman–Crippen LogP) is 3.08. The van der Waals surface area contributed by atoms with Crippen molar-refractivity contribution in [2.75, 3.05) is 7.11 Å². The molecule has 106 valence electrons. The van der Waals surface area contributed by atoms with Gasteiger partial charge in [-0.15, -0.1) is 23.5 Å². The van der Waals surface area contributed by atoms with Gasteiger partial charge in [-0.3, -0.25) is 4.79 Å². The van der Waals surface area contributed by atoms with Crippen molar-refractivity contribution in [1.29, 1.82) is 5.26 Å². The molecular weight excluding hydrogens is 318 g/mol. The van der Waals surface area contributed by atoms with Crippen LogP contribution in [-0.2, 0) is 9.53 Å². The molecular formula is C11H5F4NO2S2. The summed E-state index contributed by atoms with van der Waals surface area (Å²) in [6.07, 6.45) is 0. The molecule has 0 saturated carbocycles. The fourth-order valence-corrected chi connectivity index (χ4v) is 4.46. The van der Waals surface area contributed by atoms with E-state index in [1.807, 2.05) is 0 Å². The number of rotatable bonds is 2. The summed E-state index contributed by atoms with van der Waals surface area (Å²) in [5.74, 6) is -9.08. The lowest BCUT2D eigenvalue weighted by Gasteiger charge is -2.11. The number of nitrogens with zero attached hydrogens (tertiary/aromatic N) is 1. The third kappa shape index (κ3) is 2.23. The van der Waals surface area contributed by atoms with Crippen LogP contribution in [0.1, 0.15) is 0 Å². The van der Waals surface area contributed by atoms with Gasteiger partial charge in [0.05, 0.1) is 27.6 Å². The molecule has 1 unspecified atom stereocenters. The first kappa shape index (κ1) is 15.0. The van der Waals surface area contributed by atoms with Gasteiger partial charge in [-0.25, -0.2) is 17.6 Å². The molecule has 3 nitrogen and oxygen atoms in total. The summed E-state index contributed by atoms with van der Waals surface area (Å²) in [5, 5.41) is 8.90. The van der Waals surface area contributed by atoms with E-state index in [2.05, 4.69) is 4.74 Å². The van der Waals surface area contributed by atoms with Crippen LogP contribution < -0.4 is 0 Å². The van der Waals surface area contributed by atoms with Crippen LogP contribution in [0.4, 0.5) is 17.6 Å². The number of hydrogen-bond acceptors (Lipinski definition) is 5. The Morgan fingerprint density at radius 2 is 1.60 bits per heavy atom. The first-order valence-electron chi connectivity index (χ1n) is 5.09. The van der Waals surface area contributed by atoms with Crippen molar-refractivity contribution in [2.45, 2.75) is 14.4 Å². The number of carbonyl (C=O) groups excluding carboxylic acids is 1. The van der Waals surface area contributed by atoms with Crippen LogP contribution >= 0.6 is 23.5 Å².